The quantitative estimate of drug-likeness (QED) is 0.627. The summed E-state index contributed by atoms with van der Waals surface area (Å²) >= 11 is 0. The Morgan fingerprint density at radius 1 is 1.19 bits per heavy atom. The molecule has 0 fully saturated rings. The van der Waals surface area contributed by atoms with Crippen molar-refractivity contribution in [1.82, 2.24) is 9.97 Å². The van der Waals surface area contributed by atoms with Gasteiger partial charge in [-0.2, -0.15) is 0 Å². The molecular formula is C20H21ClFN3O2. The summed E-state index contributed by atoms with van der Waals surface area (Å²) in [4.78, 5) is 21.2. The number of hydrogen-bond acceptors (Lipinski definition) is 5. The maximum absolute atomic E-state index is 13.6. The number of nitrogens with one attached hydrogen (secondary N) is 1. The Morgan fingerprint density at radius 3 is 2.59 bits per heavy atom. The highest BCUT2D eigenvalue weighted by molar-refractivity contribution is 6.05. The van der Waals surface area contributed by atoms with E-state index in [-0.39, 0.29) is 24.3 Å². The summed E-state index contributed by atoms with van der Waals surface area (Å²) < 4.78 is 18.9. The van der Waals surface area contributed by atoms with E-state index in [2.05, 4.69) is 15.3 Å². The third kappa shape index (κ3) is 4.52. The predicted molar refractivity (Wildman–Crippen MR) is 106 cm³/mol. The van der Waals surface area contributed by atoms with Crippen LogP contribution in [0.15, 0.2) is 36.5 Å². The van der Waals surface area contributed by atoms with E-state index in [9.17, 15) is 9.18 Å². The van der Waals surface area contributed by atoms with E-state index >= 15 is 0 Å². The van der Waals surface area contributed by atoms with Crippen molar-refractivity contribution >= 4 is 40.8 Å². The molecular weight excluding hydrogens is 369 g/mol. The molecule has 0 unspecified atom stereocenters. The molecule has 0 aliphatic carbocycles. The van der Waals surface area contributed by atoms with E-state index in [0.717, 1.165) is 5.69 Å². The Labute approximate surface area is 163 Å². The van der Waals surface area contributed by atoms with Gasteiger partial charge in [0.25, 0.3) is 0 Å². The molecule has 0 amide bonds. The molecule has 3 rings (SSSR count). The zero-order valence-corrected chi connectivity index (χ0v) is 16.4. The maximum Gasteiger partial charge on any atom is 0.342 e. The lowest BCUT2D eigenvalue weighted by Crippen LogP contribution is -2.14. The standard InChI is InChI=1S/C20H20FN3O2.ClH/c1-11(2)26-20(25)16-10-22-19-15(7-5-13(4)23-19)18(16)24-14-6-8-17(21)12(3)9-14;/h5-11H,1-4H3,(H,22,23,24);1H. The molecule has 2 heterocycles. The van der Waals surface area contributed by atoms with E-state index in [4.69, 9.17) is 4.74 Å². The number of esters is 1. The maximum atomic E-state index is 13.6. The highest BCUT2D eigenvalue weighted by atomic mass is 35.5. The van der Waals surface area contributed by atoms with Crippen LogP contribution in [-0.4, -0.2) is 22.0 Å². The number of anilines is 2. The second-order valence-electron chi connectivity index (χ2n) is 6.41. The number of pyridine rings is 2. The number of aryl methyl sites for hydroxylation is 2. The van der Waals surface area contributed by atoms with Gasteiger partial charge in [-0.15, -0.1) is 12.4 Å². The van der Waals surface area contributed by atoms with Crippen LogP contribution in [0.1, 0.15) is 35.5 Å². The summed E-state index contributed by atoms with van der Waals surface area (Å²) in [6.45, 7) is 7.13. The number of ether oxygens (including phenoxy) is 1. The third-order valence-electron chi connectivity index (χ3n) is 3.86. The first-order valence-electron chi connectivity index (χ1n) is 8.35. The van der Waals surface area contributed by atoms with Crippen LogP contribution in [0.5, 0.6) is 0 Å². The molecule has 0 aliphatic rings. The number of fused-ring (bicyclic) bond motifs is 1. The van der Waals surface area contributed by atoms with E-state index in [0.29, 0.717) is 33.5 Å². The lowest BCUT2D eigenvalue weighted by Gasteiger charge is -2.16. The number of aromatic nitrogens is 2. The van der Waals surface area contributed by atoms with Gasteiger partial charge in [0.2, 0.25) is 0 Å². The fourth-order valence-electron chi connectivity index (χ4n) is 2.61. The summed E-state index contributed by atoms with van der Waals surface area (Å²) in [6, 6.07) is 8.39. The van der Waals surface area contributed by atoms with Crippen LogP contribution in [0, 0.1) is 19.7 Å². The van der Waals surface area contributed by atoms with Crippen molar-refractivity contribution in [1.29, 1.82) is 0 Å². The van der Waals surface area contributed by atoms with Crippen molar-refractivity contribution in [2.24, 2.45) is 0 Å². The minimum absolute atomic E-state index is 0. The number of rotatable bonds is 4. The van der Waals surface area contributed by atoms with Crippen molar-refractivity contribution in [3.05, 3.63) is 59.2 Å². The van der Waals surface area contributed by atoms with E-state index in [1.165, 1.54) is 12.3 Å². The Hall–Kier alpha value is -2.73. The SMILES string of the molecule is Cc1ccc2c(Nc3ccc(F)c(C)c3)c(C(=O)OC(C)C)cnc2n1.Cl. The molecule has 0 radical (unpaired) electrons. The Bertz CT molecular complexity index is 992. The van der Waals surface area contributed by atoms with Gasteiger partial charge in [-0.25, -0.2) is 19.2 Å². The average Bonchev–Trinajstić information content (AvgIpc) is 2.57. The van der Waals surface area contributed by atoms with Crippen LogP contribution in [0.3, 0.4) is 0 Å². The highest BCUT2D eigenvalue weighted by Gasteiger charge is 2.19. The average molecular weight is 390 g/mol. The van der Waals surface area contributed by atoms with E-state index in [1.54, 1.807) is 32.9 Å². The zero-order valence-electron chi connectivity index (χ0n) is 15.5. The van der Waals surface area contributed by atoms with Crippen molar-refractivity contribution < 1.29 is 13.9 Å². The van der Waals surface area contributed by atoms with E-state index in [1.807, 2.05) is 19.1 Å². The van der Waals surface area contributed by atoms with Crippen molar-refractivity contribution in [2.75, 3.05) is 5.32 Å². The number of carbonyl (C=O) groups is 1. The van der Waals surface area contributed by atoms with Crippen LogP contribution in [0.4, 0.5) is 15.8 Å². The van der Waals surface area contributed by atoms with Gasteiger partial charge in [0.05, 0.1) is 11.8 Å². The molecule has 27 heavy (non-hydrogen) atoms. The van der Waals surface area contributed by atoms with Gasteiger partial charge >= 0.3 is 5.97 Å². The van der Waals surface area contributed by atoms with E-state index < -0.39 is 5.97 Å². The topological polar surface area (TPSA) is 64.1 Å². The second-order valence-corrected chi connectivity index (χ2v) is 6.41. The van der Waals surface area contributed by atoms with Crippen molar-refractivity contribution in [3.8, 4) is 0 Å². The molecule has 3 aromatic rings. The molecule has 0 atom stereocenters. The largest absolute Gasteiger partial charge is 0.459 e. The van der Waals surface area contributed by atoms with Gasteiger partial charge in [0, 0.05) is 23.0 Å². The first kappa shape index (κ1) is 20.6. The second kappa shape index (κ2) is 8.31. The minimum atomic E-state index is -0.476. The smallest absolute Gasteiger partial charge is 0.342 e. The first-order chi connectivity index (χ1) is 12.3. The predicted octanol–water partition coefficient (Wildman–Crippen LogP) is 5.12. The fraction of sp³-hybridized carbons (Fsp3) is 0.250. The Balaban J connectivity index is 0.00000261. The lowest BCUT2D eigenvalue weighted by molar-refractivity contribution is 0.0379. The number of carbonyl (C=O) groups excluding carboxylic acids is 1. The van der Waals surface area contributed by atoms with Gasteiger partial charge in [-0.3, -0.25) is 0 Å². The molecule has 0 aliphatic heterocycles. The van der Waals surface area contributed by atoms with Gasteiger partial charge in [0.15, 0.2) is 5.65 Å². The summed E-state index contributed by atoms with van der Waals surface area (Å²) in [5.74, 6) is -0.761. The van der Waals surface area contributed by atoms with Crippen LogP contribution in [-0.2, 0) is 4.74 Å². The summed E-state index contributed by atoms with van der Waals surface area (Å²) in [5.41, 5.74) is 3.36. The minimum Gasteiger partial charge on any atom is -0.459 e. The first-order valence-corrected chi connectivity index (χ1v) is 8.35. The van der Waals surface area contributed by atoms with Crippen LogP contribution >= 0.6 is 12.4 Å². The van der Waals surface area contributed by atoms with Gasteiger partial charge < -0.3 is 10.1 Å². The number of nitrogens with zero attached hydrogens (tertiary/aromatic N) is 2. The molecule has 0 saturated carbocycles. The number of halogens is 2. The Kier molecular flexibility index (Phi) is 6.33. The highest BCUT2D eigenvalue weighted by Crippen LogP contribution is 2.30. The molecule has 1 aromatic carbocycles. The molecule has 0 spiro atoms. The number of hydrogen-bond donors (Lipinski definition) is 1. The lowest BCUT2D eigenvalue weighted by atomic mass is 10.1. The molecule has 2 aromatic heterocycles. The van der Waals surface area contributed by atoms with Crippen molar-refractivity contribution in [2.45, 2.75) is 33.8 Å². The molecule has 0 saturated heterocycles. The molecule has 7 heteroatoms. The Morgan fingerprint density at radius 2 is 1.93 bits per heavy atom. The molecule has 142 valence electrons. The van der Waals surface area contributed by atoms with Gasteiger partial charge in [-0.1, -0.05) is 0 Å². The van der Waals surface area contributed by atoms with Gasteiger partial charge in [-0.05, 0) is 63.6 Å². The third-order valence-corrected chi connectivity index (χ3v) is 3.86. The molecule has 1 N–H and O–H groups in total. The monoisotopic (exact) mass is 389 g/mol. The number of benzene rings is 1. The van der Waals surface area contributed by atoms with Crippen LogP contribution < -0.4 is 5.32 Å². The van der Waals surface area contributed by atoms with Crippen molar-refractivity contribution in [3.63, 3.8) is 0 Å². The zero-order chi connectivity index (χ0) is 18.8. The molecule has 5 nitrogen and oxygen atoms in total. The fourth-order valence-corrected chi connectivity index (χ4v) is 2.61. The summed E-state index contributed by atoms with van der Waals surface area (Å²) in [6.07, 6.45) is 1.20. The van der Waals surface area contributed by atoms with Crippen LogP contribution in [0.25, 0.3) is 11.0 Å². The van der Waals surface area contributed by atoms with Gasteiger partial charge in [0.1, 0.15) is 11.4 Å². The normalized spacial score (nSPS) is 10.6. The molecule has 0 bridgehead atoms. The summed E-state index contributed by atoms with van der Waals surface area (Å²) in [7, 11) is 0. The van der Waals surface area contributed by atoms with Crippen LogP contribution in [0.2, 0.25) is 0 Å². The summed E-state index contributed by atoms with van der Waals surface area (Å²) in [5, 5.41) is 3.90.